The number of aliphatic carboxylic acids is 2. The van der Waals surface area contributed by atoms with Crippen LogP contribution in [0.4, 0.5) is 0 Å². The van der Waals surface area contributed by atoms with E-state index in [2.05, 4.69) is 9.47 Å². The first-order chi connectivity index (χ1) is 9.47. The summed E-state index contributed by atoms with van der Waals surface area (Å²) in [6.45, 7) is 0. The summed E-state index contributed by atoms with van der Waals surface area (Å²) < 4.78 is 7.18. The largest absolute Gasteiger partial charge is 1.00 e. The van der Waals surface area contributed by atoms with Crippen LogP contribution in [0, 0.1) is 0 Å². The average Bonchev–Trinajstić information content (AvgIpc) is 2.26. The van der Waals surface area contributed by atoms with Crippen molar-refractivity contribution >= 4 is 43.1 Å². The van der Waals surface area contributed by atoms with Crippen molar-refractivity contribution in [3.8, 4) is 0 Å². The van der Waals surface area contributed by atoms with E-state index in [1.807, 2.05) is 0 Å². The van der Waals surface area contributed by atoms with Crippen molar-refractivity contribution in [3.63, 3.8) is 0 Å². The minimum absolute atomic E-state index is 0. The summed E-state index contributed by atoms with van der Waals surface area (Å²) in [4.78, 5) is 61.8. The molecule has 0 aromatic rings. The maximum Gasteiger partial charge on any atom is 1.00 e. The monoisotopic (exact) mass is 326 g/mol. The molecule has 0 aromatic carbocycles. The van der Waals surface area contributed by atoms with Crippen LogP contribution in [0.2, 0.25) is 0 Å². The van der Waals surface area contributed by atoms with Crippen molar-refractivity contribution in [2.24, 2.45) is 0 Å². The Kier molecular flexibility index (Phi) is 19.5. The van der Waals surface area contributed by atoms with Gasteiger partial charge < -0.3 is 37.6 Å². The van der Waals surface area contributed by atoms with Gasteiger partial charge >= 0.3 is 80.9 Å². The molecule has 0 aromatic heterocycles. The summed E-state index contributed by atoms with van der Waals surface area (Å²) in [6.07, 6.45) is -1.28. The van der Waals surface area contributed by atoms with E-state index in [4.69, 9.17) is 25.3 Å². The molecule has 0 bridgehead atoms. The van der Waals surface area contributed by atoms with E-state index in [1.165, 1.54) is 0 Å². The molecule has 120 valence electrons. The van der Waals surface area contributed by atoms with Crippen LogP contribution in [0.25, 0.3) is 0 Å². The number of rotatable bonds is 2. The number of carbonyl (C=O) groups is 6. The van der Waals surface area contributed by atoms with Crippen LogP contribution in [0.3, 0.4) is 0 Å². The summed E-state index contributed by atoms with van der Waals surface area (Å²) >= 11 is 0. The molecule has 0 fully saturated rings. The predicted molar refractivity (Wildman–Crippen MR) is 56.7 cm³/mol. The Balaban J connectivity index is -0.000000102. The van der Waals surface area contributed by atoms with Gasteiger partial charge in [-0.2, -0.15) is 0 Å². The molecular formula is C7H9BLi2O13. The van der Waals surface area contributed by atoms with Gasteiger partial charge in [0.15, 0.2) is 0 Å². The first-order valence-electron chi connectivity index (χ1n) is 4.47. The van der Waals surface area contributed by atoms with E-state index in [9.17, 15) is 28.8 Å². The van der Waals surface area contributed by atoms with Crippen molar-refractivity contribution in [3.05, 3.63) is 0 Å². The molecule has 0 radical (unpaired) electrons. The first-order valence-corrected chi connectivity index (χ1v) is 4.47. The van der Waals surface area contributed by atoms with Gasteiger partial charge in [0.2, 0.25) is 0 Å². The molecule has 0 saturated carbocycles. The Hall–Kier alpha value is -1.64. The number of esters is 4. The van der Waals surface area contributed by atoms with Gasteiger partial charge in [0.25, 0.3) is 0 Å². The number of carboxylic acids is 2. The fourth-order valence-corrected chi connectivity index (χ4v) is 0.484. The molecule has 0 heterocycles. The van der Waals surface area contributed by atoms with E-state index in [0.29, 0.717) is 0 Å². The van der Waals surface area contributed by atoms with Gasteiger partial charge in [-0.15, -0.1) is 0 Å². The Morgan fingerprint density at radius 1 is 0.739 bits per heavy atom. The fraction of sp³-hybridized carbons (Fsp3) is 0.143. The van der Waals surface area contributed by atoms with Crippen LogP contribution in [0.15, 0.2) is 0 Å². The number of carbonyl (C=O) groups excluding carboxylic acids is 4. The van der Waals surface area contributed by atoms with Crippen molar-refractivity contribution in [1.82, 2.24) is 0 Å². The summed E-state index contributed by atoms with van der Waals surface area (Å²) in [5.74, 6) is -11.2. The van der Waals surface area contributed by atoms with Gasteiger partial charge in [-0.25, -0.2) is 19.2 Å². The molecule has 13 nitrogen and oxygen atoms in total. The summed E-state index contributed by atoms with van der Waals surface area (Å²) in [5, 5.41) is 37.5. The third-order valence-corrected chi connectivity index (χ3v) is 1.05. The minimum atomic E-state index is -2.17. The topological polar surface area (TPSA) is 222 Å². The van der Waals surface area contributed by atoms with E-state index < -0.39 is 49.6 Å². The maximum absolute atomic E-state index is 10.7. The van der Waals surface area contributed by atoms with Crippen LogP contribution < -0.4 is 37.7 Å². The Morgan fingerprint density at radius 2 is 0.957 bits per heavy atom. The van der Waals surface area contributed by atoms with Gasteiger partial charge in [0, 0.05) is 0 Å². The third kappa shape index (κ3) is 20.4. The molecule has 0 spiro atoms. The zero-order chi connectivity index (χ0) is 17.2. The summed E-state index contributed by atoms with van der Waals surface area (Å²) in [6, 6.07) is 0. The second-order valence-electron chi connectivity index (χ2n) is 2.66. The SMILES string of the molecule is O=C(CC(=O)OC(=O)C(=O)O)OC(=O)C(=O)O.OB(O)O.[H-].[H-].[Li+].[Li+]. The Morgan fingerprint density at radius 3 is 1.13 bits per heavy atom. The normalized spacial score (nSPS) is 7.78. The molecule has 0 aliphatic heterocycles. The standard InChI is InChI=1S/C7H4O10.BH3O3.2Li.2H/c8-2(16-6(14)4(10)11)1-3(9)17-7(15)5(12)13;2-1(3)4;;;;/h1H2,(H,10,11)(H,12,13);2-4H;;;;/q;;2*+1;2*-1. The van der Waals surface area contributed by atoms with Crippen molar-refractivity contribution < 1.29 is 104 Å². The van der Waals surface area contributed by atoms with Crippen molar-refractivity contribution in [2.45, 2.75) is 6.42 Å². The average molecular weight is 326 g/mol. The number of ether oxygens (including phenoxy) is 2. The molecule has 16 heteroatoms. The van der Waals surface area contributed by atoms with Crippen LogP contribution >= 0.6 is 0 Å². The van der Waals surface area contributed by atoms with Crippen molar-refractivity contribution in [2.75, 3.05) is 0 Å². The predicted octanol–water partition coefficient (Wildman–Crippen LogP) is -10.1. The minimum Gasteiger partial charge on any atom is -1.00 e. The molecule has 0 atom stereocenters. The maximum atomic E-state index is 10.7. The van der Waals surface area contributed by atoms with Gasteiger partial charge in [0.1, 0.15) is 6.42 Å². The van der Waals surface area contributed by atoms with Crippen LogP contribution in [-0.2, 0) is 38.2 Å². The first kappa shape index (κ1) is 29.4. The van der Waals surface area contributed by atoms with Crippen LogP contribution in [0.5, 0.6) is 0 Å². The van der Waals surface area contributed by atoms with E-state index in [-0.39, 0.29) is 40.6 Å². The molecule has 5 N–H and O–H groups in total. The second-order valence-corrected chi connectivity index (χ2v) is 2.66. The Bertz CT molecular complexity index is 431. The smallest absolute Gasteiger partial charge is 1.00 e. The van der Waals surface area contributed by atoms with Gasteiger partial charge in [-0.05, 0) is 0 Å². The number of hydrogen-bond donors (Lipinski definition) is 5. The molecule has 23 heavy (non-hydrogen) atoms. The molecule has 0 aliphatic carbocycles. The van der Waals surface area contributed by atoms with Crippen LogP contribution in [-0.4, -0.2) is 68.4 Å². The van der Waals surface area contributed by atoms with E-state index in [0.717, 1.165) is 0 Å². The van der Waals surface area contributed by atoms with Gasteiger partial charge in [-0.1, -0.05) is 0 Å². The molecule has 0 amide bonds. The molecule has 0 aliphatic rings. The van der Waals surface area contributed by atoms with Gasteiger partial charge in [-0.3, -0.25) is 9.59 Å². The second kappa shape index (κ2) is 15.3. The third-order valence-electron chi connectivity index (χ3n) is 1.05. The van der Waals surface area contributed by atoms with E-state index in [1.54, 1.807) is 0 Å². The fourth-order valence-electron chi connectivity index (χ4n) is 0.484. The number of hydrogen-bond acceptors (Lipinski definition) is 11. The Labute approximate surface area is 154 Å². The quantitative estimate of drug-likeness (QED) is 0.138. The molecule has 0 saturated heterocycles. The zero-order valence-corrected chi connectivity index (χ0v) is 11.8. The molecule has 0 unspecified atom stereocenters. The summed E-state index contributed by atoms with van der Waals surface area (Å²) in [5.41, 5.74) is 0. The van der Waals surface area contributed by atoms with Crippen LogP contribution in [0.1, 0.15) is 9.27 Å². The van der Waals surface area contributed by atoms with E-state index >= 15 is 0 Å². The zero-order valence-electron chi connectivity index (χ0n) is 13.8. The molecular weight excluding hydrogens is 317 g/mol. The summed E-state index contributed by atoms with van der Waals surface area (Å²) in [7, 11) is -2.17. The number of carboxylic acid groups (broad SMARTS) is 2. The molecule has 0 rings (SSSR count). The van der Waals surface area contributed by atoms with Crippen molar-refractivity contribution in [1.29, 1.82) is 0 Å². The van der Waals surface area contributed by atoms with Gasteiger partial charge in [0.05, 0.1) is 0 Å².